The molecule has 0 saturated heterocycles. The van der Waals surface area contributed by atoms with Gasteiger partial charge in [0.05, 0.1) is 10.8 Å². The van der Waals surface area contributed by atoms with E-state index in [2.05, 4.69) is 0 Å². The molecule has 0 aliphatic carbocycles. The van der Waals surface area contributed by atoms with Crippen LogP contribution in [0, 0.1) is 12.8 Å². The first-order chi connectivity index (χ1) is 8.90. The van der Waals surface area contributed by atoms with Crippen molar-refractivity contribution in [1.29, 1.82) is 0 Å². The summed E-state index contributed by atoms with van der Waals surface area (Å²) >= 11 is 0. The molecular weight excluding hydrogens is 260 g/mol. The van der Waals surface area contributed by atoms with Gasteiger partial charge < -0.3 is 10.2 Å². The van der Waals surface area contributed by atoms with Gasteiger partial charge in [0.15, 0.2) is 0 Å². The zero-order chi connectivity index (χ0) is 14.2. The van der Waals surface area contributed by atoms with Gasteiger partial charge in [-0.25, -0.2) is 0 Å². The molecule has 0 aliphatic heterocycles. The third-order valence-electron chi connectivity index (χ3n) is 3.06. The average molecular weight is 278 g/mol. The Bertz CT molecular complexity index is 647. The summed E-state index contributed by atoms with van der Waals surface area (Å²) in [6, 6.07) is 6.90. The van der Waals surface area contributed by atoms with E-state index in [1.165, 1.54) is 0 Å². The Morgan fingerprint density at radius 1 is 1.21 bits per heavy atom. The summed E-state index contributed by atoms with van der Waals surface area (Å²) in [7, 11) is -1.05. The normalized spacial score (nSPS) is 13.1. The van der Waals surface area contributed by atoms with Crippen molar-refractivity contribution in [2.24, 2.45) is 5.92 Å². The lowest BCUT2D eigenvalue weighted by molar-refractivity contribution is 0.448. The van der Waals surface area contributed by atoms with Crippen LogP contribution in [-0.2, 0) is 10.8 Å². The van der Waals surface area contributed by atoms with Gasteiger partial charge in [-0.3, -0.25) is 4.21 Å². The number of hydrogen-bond donors (Lipinski definition) is 2. The first-order valence-corrected chi connectivity index (χ1v) is 7.55. The molecule has 2 N–H and O–H groups in total. The number of phenolic OH excluding ortho intramolecular Hbond substituents is 2. The fourth-order valence-corrected chi connectivity index (χ4v) is 3.27. The van der Waals surface area contributed by atoms with Crippen LogP contribution in [0.5, 0.6) is 11.5 Å². The number of phenols is 2. The Kier molecular flexibility index (Phi) is 3.80. The molecule has 0 spiro atoms. The highest BCUT2D eigenvalue weighted by Gasteiger charge is 2.11. The van der Waals surface area contributed by atoms with Crippen LogP contribution in [0.1, 0.15) is 19.4 Å². The molecule has 19 heavy (non-hydrogen) atoms. The van der Waals surface area contributed by atoms with E-state index in [0.29, 0.717) is 28.0 Å². The molecule has 0 amide bonds. The van der Waals surface area contributed by atoms with Gasteiger partial charge in [0, 0.05) is 21.6 Å². The van der Waals surface area contributed by atoms with Crippen molar-refractivity contribution >= 4 is 21.6 Å². The lowest BCUT2D eigenvalue weighted by Crippen LogP contribution is -2.04. The molecule has 0 radical (unpaired) electrons. The summed E-state index contributed by atoms with van der Waals surface area (Å²) < 4.78 is 12.1. The smallest absolute Gasteiger partial charge is 0.129 e. The van der Waals surface area contributed by atoms with E-state index in [4.69, 9.17) is 0 Å². The van der Waals surface area contributed by atoms with Gasteiger partial charge in [-0.05, 0) is 42.5 Å². The Hall–Kier alpha value is -1.55. The summed E-state index contributed by atoms with van der Waals surface area (Å²) in [5.41, 5.74) is 0.462. The third-order valence-corrected chi connectivity index (χ3v) is 4.81. The van der Waals surface area contributed by atoms with Gasteiger partial charge in [-0.2, -0.15) is 0 Å². The number of aromatic hydroxyl groups is 2. The van der Waals surface area contributed by atoms with Crippen LogP contribution < -0.4 is 0 Å². The molecule has 0 bridgehead atoms. The quantitative estimate of drug-likeness (QED) is 0.905. The van der Waals surface area contributed by atoms with Crippen LogP contribution in [0.2, 0.25) is 0 Å². The van der Waals surface area contributed by atoms with E-state index in [9.17, 15) is 14.4 Å². The zero-order valence-corrected chi connectivity index (χ0v) is 12.1. The summed E-state index contributed by atoms with van der Waals surface area (Å²) in [6.07, 6.45) is 0. The highest BCUT2D eigenvalue weighted by Crippen LogP contribution is 2.35. The number of fused-ring (bicyclic) bond motifs is 1. The van der Waals surface area contributed by atoms with E-state index < -0.39 is 10.8 Å². The molecule has 2 rings (SSSR count). The maximum absolute atomic E-state index is 12.1. The largest absolute Gasteiger partial charge is 0.508 e. The molecule has 2 aromatic rings. The molecule has 2 aromatic carbocycles. The maximum atomic E-state index is 12.1. The van der Waals surface area contributed by atoms with Gasteiger partial charge >= 0.3 is 0 Å². The van der Waals surface area contributed by atoms with E-state index in [1.807, 2.05) is 13.8 Å². The zero-order valence-electron chi connectivity index (χ0n) is 11.3. The van der Waals surface area contributed by atoms with Crippen LogP contribution in [0.4, 0.5) is 0 Å². The maximum Gasteiger partial charge on any atom is 0.129 e. The Labute approximate surface area is 115 Å². The van der Waals surface area contributed by atoms with Crippen molar-refractivity contribution < 1.29 is 14.4 Å². The van der Waals surface area contributed by atoms with E-state index in [-0.39, 0.29) is 11.5 Å². The molecule has 1 unspecified atom stereocenters. The predicted molar refractivity (Wildman–Crippen MR) is 78.1 cm³/mol. The predicted octanol–water partition coefficient (Wildman–Crippen LogP) is 3.32. The lowest BCUT2D eigenvalue weighted by Gasteiger charge is -2.09. The SMILES string of the molecule is Cc1c(O)cc2cc(S(=O)CC(C)C)ccc2c1O. The molecule has 4 heteroatoms. The highest BCUT2D eigenvalue weighted by molar-refractivity contribution is 7.85. The van der Waals surface area contributed by atoms with E-state index >= 15 is 0 Å². The Morgan fingerprint density at radius 3 is 2.53 bits per heavy atom. The van der Waals surface area contributed by atoms with Crippen LogP contribution in [0.15, 0.2) is 29.2 Å². The second-order valence-electron chi connectivity index (χ2n) is 5.16. The molecular formula is C15H18O3S. The van der Waals surface area contributed by atoms with E-state index in [1.54, 1.807) is 31.2 Å². The van der Waals surface area contributed by atoms with Crippen molar-refractivity contribution in [3.05, 3.63) is 29.8 Å². The molecule has 0 fully saturated rings. The fraction of sp³-hybridized carbons (Fsp3) is 0.333. The summed E-state index contributed by atoms with van der Waals surface area (Å²) in [4.78, 5) is 0.726. The minimum Gasteiger partial charge on any atom is -0.508 e. The van der Waals surface area contributed by atoms with E-state index in [0.717, 1.165) is 4.90 Å². The second-order valence-corrected chi connectivity index (χ2v) is 6.65. The third kappa shape index (κ3) is 2.73. The summed E-state index contributed by atoms with van der Waals surface area (Å²) in [5, 5.41) is 21.1. The number of hydrogen-bond acceptors (Lipinski definition) is 3. The van der Waals surface area contributed by atoms with Crippen LogP contribution in [0.3, 0.4) is 0 Å². The summed E-state index contributed by atoms with van der Waals surface area (Å²) in [5.74, 6) is 1.10. The fourth-order valence-electron chi connectivity index (χ4n) is 2.00. The molecule has 3 nitrogen and oxygen atoms in total. The Balaban J connectivity index is 2.52. The van der Waals surface area contributed by atoms with Crippen molar-refractivity contribution in [1.82, 2.24) is 0 Å². The van der Waals surface area contributed by atoms with Crippen molar-refractivity contribution in [3.63, 3.8) is 0 Å². The standard InChI is InChI=1S/C15H18O3S/c1-9(2)8-19(18)12-4-5-13-11(6-12)7-14(16)10(3)15(13)17/h4-7,9,16-17H,8H2,1-3H3. The van der Waals surface area contributed by atoms with Crippen LogP contribution >= 0.6 is 0 Å². The molecule has 0 aromatic heterocycles. The lowest BCUT2D eigenvalue weighted by atomic mass is 10.1. The topological polar surface area (TPSA) is 57.5 Å². The molecule has 1 atom stereocenters. The van der Waals surface area contributed by atoms with Crippen LogP contribution in [0.25, 0.3) is 10.8 Å². The second kappa shape index (κ2) is 5.21. The van der Waals surface area contributed by atoms with Crippen molar-refractivity contribution in [3.8, 4) is 11.5 Å². The average Bonchev–Trinajstić information content (AvgIpc) is 2.34. The van der Waals surface area contributed by atoms with Gasteiger partial charge in [-0.1, -0.05) is 13.8 Å². The van der Waals surface area contributed by atoms with Gasteiger partial charge in [0.25, 0.3) is 0 Å². The monoisotopic (exact) mass is 278 g/mol. The minimum absolute atomic E-state index is 0.0526. The first-order valence-electron chi connectivity index (χ1n) is 6.24. The van der Waals surface area contributed by atoms with Crippen molar-refractivity contribution in [2.75, 3.05) is 5.75 Å². The van der Waals surface area contributed by atoms with Gasteiger partial charge in [0.2, 0.25) is 0 Å². The highest BCUT2D eigenvalue weighted by atomic mass is 32.2. The number of benzene rings is 2. The first kappa shape index (κ1) is 13.9. The Morgan fingerprint density at radius 2 is 1.89 bits per heavy atom. The van der Waals surface area contributed by atoms with Gasteiger partial charge in [-0.15, -0.1) is 0 Å². The molecule has 0 heterocycles. The molecule has 102 valence electrons. The minimum atomic E-state index is -1.05. The number of rotatable bonds is 3. The molecule has 0 saturated carbocycles. The molecule has 0 aliphatic rings. The van der Waals surface area contributed by atoms with Gasteiger partial charge in [0.1, 0.15) is 11.5 Å². The summed E-state index contributed by atoms with van der Waals surface area (Å²) in [6.45, 7) is 5.72. The van der Waals surface area contributed by atoms with Crippen molar-refractivity contribution in [2.45, 2.75) is 25.7 Å². The van der Waals surface area contributed by atoms with Crippen LogP contribution in [-0.4, -0.2) is 20.2 Å².